The van der Waals surface area contributed by atoms with E-state index in [2.05, 4.69) is 10.6 Å². The molecule has 0 atom stereocenters. The largest absolute Gasteiger partial charge is 0.462 e. The lowest BCUT2D eigenvalue weighted by molar-refractivity contribution is -0.124. The van der Waals surface area contributed by atoms with E-state index >= 15 is 0 Å². The molecule has 0 aromatic heterocycles. The van der Waals surface area contributed by atoms with Crippen molar-refractivity contribution in [3.05, 3.63) is 89.5 Å². The van der Waals surface area contributed by atoms with Gasteiger partial charge in [-0.15, -0.1) is 0 Å². The van der Waals surface area contributed by atoms with Gasteiger partial charge >= 0.3 is 5.97 Å². The summed E-state index contributed by atoms with van der Waals surface area (Å²) in [6, 6.07) is 21.8. The van der Waals surface area contributed by atoms with Gasteiger partial charge in [-0.3, -0.25) is 9.59 Å². The smallest absolute Gasteiger partial charge is 0.338 e. The van der Waals surface area contributed by atoms with Gasteiger partial charge in [0.2, 0.25) is 5.91 Å². The van der Waals surface area contributed by atoms with Crippen molar-refractivity contribution < 1.29 is 28.6 Å². The lowest BCUT2D eigenvalue weighted by Gasteiger charge is -2.32. The van der Waals surface area contributed by atoms with Crippen molar-refractivity contribution in [1.29, 1.82) is 0 Å². The van der Waals surface area contributed by atoms with E-state index in [-0.39, 0.29) is 18.4 Å². The van der Waals surface area contributed by atoms with Crippen LogP contribution in [0.25, 0.3) is 11.3 Å². The monoisotopic (exact) mass is 586 g/mol. The zero-order valence-electron chi connectivity index (χ0n) is 24.9. The third-order valence-electron chi connectivity index (χ3n) is 7.35. The van der Waals surface area contributed by atoms with Crippen LogP contribution in [0.15, 0.2) is 72.8 Å². The van der Waals surface area contributed by atoms with Crippen molar-refractivity contribution in [3.63, 3.8) is 0 Å². The SMILES string of the molecule is CCOC(=O)c1ccc2c(c1)NC(=O)/C2=C(\Nc1ccc(N(C)C(=O)C(N)(CCOC)CCOC)cc1)c1ccccc1. The van der Waals surface area contributed by atoms with Gasteiger partial charge in [-0.2, -0.15) is 0 Å². The standard InChI is InChI=1S/C33H38N4O6/c1-5-43-31(39)23-11-16-26-27(21-23)36-30(38)28(26)29(22-9-7-6-8-10-22)35-24-12-14-25(15-13-24)37(2)32(40)33(34,17-19-41-3)18-20-42-4/h6-16,21,35H,5,17-20,34H2,1-4H3,(H,36,38)/b29-28-. The summed E-state index contributed by atoms with van der Waals surface area (Å²) in [5.74, 6) is -0.988. The molecule has 0 radical (unpaired) electrons. The molecule has 0 spiro atoms. The second kappa shape index (κ2) is 14.1. The molecule has 0 bridgehead atoms. The summed E-state index contributed by atoms with van der Waals surface area (Å²) in [5.41, 5.74) is 10.2. The molecule has 10 heteroatoms. The Hall–Kier alpha value is -4.51. The van der Waals surface area contributed by atoms with Crippen molar-refractivity contribution in [2.45, 2.75) is 25.3 Å². The maximum absolute atomic E-state index is 13.4. The van der Waals surface area contributed by atoms with E-state index in [4.69, 9.17) is 19.9 Å². The fraction of sp³-hybridized carbons (Fsp3) is 0.303. The van der Waals surface area contributed by atoms with Gasteiger partial charge in [0.15, 0.2) is 0 Å². The fourth-order valence-corrected chi connectivity index (χ4v) is 4.92. The Kier molecular flexibility index (Phi) is 10.3. The van der Waals surface area contributed by atoms with Crippen LogP contribution in [-0.2, 0) is 23.8 Å². The van der Waals surface area contributed by atoms with Gasteiger partial charge in [0.1, 0.15) is 5.54 Å². The molecule has 10 nitrogen and oxygen atoms in total. The molecule has 43 heavy (non-hydrogen) atoms. The number of carbonyl (C=O) groups is 3. The van der Waals surface area contributed by atoms with Gasteiger partial charge in [-0.25, -0.2) is 4.79 Å². The number of rotatable bonds is 13. The highest BCUT2D eigenvalue weighted by molar-refractivity contribution is 6.37. The minimum absolute atomic E-state index is 0.240. The number of anilines is 3. The first kappa shape index (κ1) is 31.4. The molecular weight excluding hydrogens is 548 g/mol. The Bertz CT molecular complexity index is 1480. The Morgan fingerprint density at radius 3 is 2.19 bits per heavy atom. The van der Waals surface area contributed by atoms with Crippen LogP contribution < -0.4 is 21.3 Å². The number of hydrogen-bond acceptors (Lipinski definition) is 8. The van der Waals surface area contributed by atoms with Crippen LogP contribution in [0.3, 0.4) is 0 Å². The van der Waals surface area contributed by atoms with Gasteiger partial charge in [-0.1, -0.05) is 36.4 Å². The fourth-order valence-electron chi connectivity index (χ4n) is 4.92. The summed E-state index contributed by atoms with van der Waals surface area (Å²) in [7, 11) is 4.84. The normalized spacial score (nSPS) is 13.7. The van der Waals surface area contributed by atoms with E-state index in [1.54, 1.807) is 46.4 Å². The van der Waals surface area contributed by atoms with E-state index in [0.29, 0.717) is 65.5 Å². The number of ether oxygens (including phenoxy) is 3. The Balaban J connectivity index is 1.65. The zero-order chi connectivity index (χ0) is 31.0. The summed E-state index contributed by atoms with van der Waals surface area (Å²) < 4.78 is 15.5. The minimum Gasteiger partial charge on any atom is -0.462 e. The van der Waals surface area contributed by atoms with Crippen molar-refractivity contribution in [2.24, 2.45) is 5.73 Å². The summed E-state index contributed by atoms with van der Waals surface area (Å²) >= 11 is 0. The molecule has 0 fully saturated rings. The molecular formula is C33H38N4O6. The molecule has 0 unspecified atom stereocenters. The van der Waals surface area contributed by atoms with Crippen LogP contribution in [0.4, 0.5) is 17.1 Å². The predicted molar refractivity (Wildman–Crippen MR) is 168 cm³/mol. The van der Waals surface area contributed by atoms with Gasteiger partial charge in [0.05, 0.1) is 29.1 Å². The average Bonchev–Trinajstić information content (AvgIpc) is 3.36. The Morgan fingerprint density at radius 2 is 1.58 bits per heavy atom. The first-order valence-electron chi connectivity index (χ1n) is 14.1. The third kappa shape index (κ3) is 7.11. The number of benzene rings is 3. The quantitative estimate of drug-likeness (QED) is 0.197. The lowest BCUT2D eigenvalue weighted by Crippen LogP contribution is -2.55. The number of esters is 1. The molecule has 4 rings (SSSR count). The van der Waals surface area contributed by atoms with Crippen LogP contribution in [0, 0.1) is 0 Å². The second-order valence-electron chi connectivity index (χ2n) is 10.2. The van der Waals surface area contributed by atoms with E-state index < -0.39 is 11.5 Å². The number of carbonyl (C=O) groups excluding carboxylic acids is 3. The number of hydrogen-bond donors (Lipinski definition) is 3. The van der Waals surface area contributed by atoms with Crippen LogP contribution in [-0.4, -0.2) is 64.4 Å². The molecule has 2 amide bonds. The molecule has 226 valence electrons. The van der Waals surface area contributed by atoms with Gasteiger partial charge < -0.3 is 35.5 Å². The van der Waals surface area contributed by atoms with E-state index in [9.17, 15) is 14.4 Å². The van der Waals surface area contributed by atoms with Crippen molar-refractivity contribution in [1.82, 2.24) is 0 Å². The minimum atomic E-state index is -1.14. The van der Waals surface area contributed by atoms with Gasteiger partial charge in [0, 0.05) is 51.4 Å². The Labute approximate surface area is 251 Å². The molecule has 0 aliphatic carbocycles. The number of amides is 2. The van der Waals surface area contributed by atoms with Gasteiger partial charge in [0.25, 0.3) is 5.91 Å². The predicted octanol–water partition coefficient (Wildman–Crippen LogP) is 4.53. The number of methoxy groups -OCH3 is 2. The van der Waals surface area contributed by atoms with E-state index in [0.717, 1.165) is 5.56 Å². The summed E-state index contributed by atoms with van der Waals surface area (Å²) in [6.45, 7) is 2.69. The molecule has 1 aliphatic rings. The van der Waals surface area contributed by atoms with Crippen LogP contribution in [0.2, 0.25) is 0 Å². The highest BCUT2D eigenvalue weighted by Gasteiger charge is 2.36. The number of fused-ring (bicyclic) bond motifs is 1. The highest BCUT2D eigenvalue weighted by atomic mass is 16.5. The third-order valence-corrected chi connectivity index (χ3v) is 7.35. The topological polar surface area (TPSA) is 132 Å². The molecule has 0 saturated heterocycles. The highest BCUT2D eigenvalue weighted by Crippen LogP contribution is 2.38. The molecule has 3 aromatic carbocycles. The maximum atomic E-state index is 13.4. The first-order valence-corrected chi connectivity index (χ1v) is 14.1. The first-order chi connectivity index (χ1) is 20.7. The number of nitrogens with one attached hydrogen (secondary N) is 2. The number of nitrogens with two attached hydrogens (primary N) is 1. The molecule has 1 heterocycles. The molecule has 0 saturated carbocycles. The summed E-state index contributed by atoms with van der Waals surface area (Å²) in [6.07, 6.45) is 0.711. The Morgan fingerprint density at radius 1 is 0.930 bits per heavy atom. The molecule has 3 aromatic rings. The van der Waals surface area contributed by atoms with Crippen molar-refractivity contribution >= 4 is 46.1 Å². The van der Waals surface area contributed by atoms with Crippen LogP contribution in [0.5, 0.6) is 0 Å². The number of likely N-dealkylation sites (N-methyl/N-ethyl adjacent to an activating group) is 1. The van der Waals surface area contributed by atoms with E-state index in [1.165, 1.54) is 4.90 Å². The van der Waals surface area contributed by atoms with E-state index in [1.807, 2.05) is 54.6 Å². The molecule has 1 aliphatic heterocycles. The zero-order valence-corrected chi connectivity index (χ0v) is 24.9. The maximum Gasteiger partial charge on any atom is 0.338 e. The van der Waals surface area contributed by atoms with Crippen molar-refractivity contribution in [3.8, 4) is 0 Å². The average molecular weight is 587 g/mol. The summed E-state index contributed by atoms with van der Waals surface area (Å²) in [5, 5.41) is 6.30. The second-order valence-corrected chi connectivity index (χ2v) is 10.2. The lowest BCUT2D eigenvalue weighted by atomic mass is 9.91. The molecule has 4 N–H and O–H groups in total. The number of nitrogens with zero attached hydrogens (tertiary/aromatic N) is 1. The van der Waals surface area contributed by atoms with Crippen molar-refractivity contribution in [2.75, 3.05) is 56.6 Å². The summed E-state index contributed by atoms with van der Waals surface area (Å²) in [4.78, 5) is 40.6. The van der Waals surface area contributed by atoms with Gasteiger partial charge in [-0.05, 0) is 61.7 Å². The van der Waals surface area contributed by atoms with Crippen LogP contribution in [0.1, 0.15) is 41.3 Å². The van der Waals surface area contributed by atoms with Crippen LogP contribution >= 0.6 is 0 Å².